The zero-order valence-electron chi connectivity index (χ0n) is 16.8. The van der Waals surface area contributed by atoms with Crippen molar-refractivity contribution in [2.24, 2.45) is 0 Å². The predicted octanol–water partition coefficient (Wildman–Crippen LogP) is 5.53. The molecule has 9 heteroatoms. The number of hydrogen-bond donors (Lipinski definition) is 2. The van der Waals surface area contributed by atoms with Crippen LogP contribution in [0.3, 0.4) is 0 Å². The second-order valence-corrected chi connectivity index (χ2v) is 6.97. The number of nitrogens with one attached hydrogen (secondary N) is 2. The Bertz CT molecular complexity index is 1240. The minimum Gasteiger partial charge on any atom is -0.481 e. The molecule has 32 heavy (non-hydrogen) atoms. The molecular weight excluding hydrogens is 423 g/mol. The van der Waals surface area contributed by atoms with Crippen molar-refractivity contribution in [3.63, 3.8) is 0 Å². The molecule has 1 heterocycles. The van der Waals surface area contributed by atoms with Gasteiger partial charge in [0, 0.05) is 5.39 Å². The third-order valence-corrected chi connectivity index (χ3v) is 4.63. The number of ether oxygens (including phenoxy) is 2. The molecule has 0 aliphatic rings. The van der Waals surface area contributed by atoms with Crippen LogP contribution in [-0.2, 0) is 4.79 Å². The molecule has 4 rings (SSSR count). The van der Waals surface area contributed by atoms with E-state index >= 15 is 0 Å². The molecule has 0 saturated heterocycles. The van der Waals surface area contributed by atoms with Gasteiger partial charge in [0.15, 0.2) is 11.9 Å². The lowest BCUT2D eigenvalue weighted by molar-refractivity contribution is -0.274. The SMILES string of the molecule is CC(Oc1ccccc1)C(=O)Nc1n[nH]c2cc(-c3cccc(OC(F)(F)F)c3)ccc12. The highest BCUT2D eigenvalue weighted by atomic mass is 19.4. The summed E-state index contributed by atoms with van der Waals surface area (Å²) in [6.07, 6.45) is -5.51. The van der Waals surface area contributed by atoms with Crippen molar-refractivity contribution in [2.45, 2.75) is 19.4 Å². The molecule has 1 atom stereocenters. The Balaban J connectivity index is 1.51. The van der Waals surface area contributed by atoms with Gasteiger partial charge in [0.1, 0.15) is 11.5 Å². The number of benzene rings is 3. The number of carbonyl (C=O) groups excluding carboxylic acids is 1. The molecular formula is C23H18F3N3O3. The molecule has 2 N–H and O–H groups in total. The van der Waals surface area contributed by atoms with Crippen LogP contribution >= 0.6 is 0 Å². The Labute approximate surface area is 181 Å². The maximum atomic E-state index is 12.5. The largest absolute Gasteiger partial charge is 0.573 e. The molecule has 164 valence electrons. The summed E-state index contributed by atoms with van der Waals surface area (Å²) >= 11 is 0. The molecule has 0 fully saturated rings. The first-order chi connectivity index (χ1) is 15.3. The van der Waals surface area contributed by atoms with E-state index < -0.39 is 12.5 Å². The van der Waals surface area contributed by atoms with Gasteiger partial charge in [-0.05, 0) is 54.4 Å². The minimum absolute atomic E-state index is 0.305. The minimum atomic E-state index is -4.76. The van der Waals surface area contributed by atoms with E-state index in [0.717, 1.165) is 0 Å². The number of alkyl halides is 3. The van der Waals surface area contributed by atoms with Gasteiger partial charge >= 0.3 is 6.36 Å². The van der Waals surface area contributed by atoms with Crippen LogP contribution < -0.4 is 14.8 Å². The molecule has 0 saturated carbocycles. The van der Waals surface area contributed by atoms with Crippen LogP contribution in [0.25, 0.3) is 22.0 Å². The fraction of sp³-hybridized carbons (Fsp3) is 0.130. The number of H-pyrrole nitrogens is 1. The molecule has 0 aliphatic heterocycles. The van der Waals surface area contributed by atoms with Gasteiger partial charge in [0.2, 0.25) is 0 Å². The molecule has 0 radical (unpaired) electrons. The number of hydrogen-bond acceptors (Lipinski definition) is 4. The molecule has 1 unspecified atom stereocenters. The molecule has 4 aromatic rings. The van der Waals surface area contributed by atoms with Gasteiger partial charge in [0.25, 0.3) is 5.91 Å². The van der Waals surface area contributed by atoms with E-state index in [1.54, 1.807) is 43.3 Å². The summed E-state index contributed by atoms with van der Waals surface area (Å²) in [7, 11) is 0. The number of aromatic nitrogens is 2. The maximum absolute atomic E-state index is 12.5. The van der Waals surface area contributed by atoms with E-state index in [2.05, 4.69) is 20.3 Å². The van der Waals surface area contributed by atoms with Crippen molar-refractivity contribution in [3.05, 3.63) is 72.8 Å². The Morgan fingerprint density at radius 3 is 2.44 bits per heavy atom. The lowest BCUT2D eigenvalue weighted by Crippen LogP contribution is -2.30. The molecule has 1 aromatic heterocycles. The van der Waals surface area contributed by atoms with Crippen LogP contribution in [0.1, 0.15) is 6.92 Å². The van der Waals surface area contributed by atoms with Crippen LogP contribution in [-0.4, -0.2) is 28.6 Å². The fourth-order valence-electron chi connectivity index (χ4n) is 3.14. The number of halogens is 3. The lowest BCUT2D eigenvalue weighted by Gasteiger charge is -2.13. The highest BCUT2D eigenvalue weighted by Crippen LogP contribution is 2.31. The highest BCUT2D eigenvalue weighted by molar-refractivity contribution is 6.02. The van der Waals surface area contributed by atoms with E-state index in [-0.39, 0.29) is 11.7 Å². The normalized spacial score (nSPS) is 12.4. The number of aromatic amines is 1. The topological polar surface area (TPSA) is 76.2 Å². The van der Waals surface area contributed by atoms with Gasteiger partial charge in [-0.25, -0.2) is 0 Å². The monoisotopic (exact) mass is 441 g/mol. The van der Waals surface area contributed by atoms with Crippen LogP contribution in [0.4, 0.5) is 19.0 Å². The molecule has 1 amide bonds. The summed E-state index contributed by atoms with van der Waals surface area (Å²) in [5.41, 5.74) is 1.81. The second kappa shape index (κ2) is 8.62. The zero-order chi connectivity index (χ0) is 22.7. The number of amides is 1. The number of fused-ring (bicyclic) bond motifs is 1. The van der Waals surface area contributed by atoms with Crippen LogP contribution in [0.15, 0.2) is 72.8 Å². The van der Waals surface area contributed by atoms with Crippen LogP contribution in [0, 0.1) is 0 Å². The van der Waals surface area contributed by atoms with E-state index in [1.165, 1.54) is 18.2 Å². The van der Waals surface area contributed by atoms with Crippen LogP contribution in [0.5, 0.6) is 11.5 Å². The Kier molecular flexibility index (Phi) is 5.72. The second-order valence-electron chi connectivity index (χ2n) is 6.97. The maximum Gasteiger partial charge on any atom is 0.573 e. The first kappa shape index (κ1) is 21.2. The summed E-state index contributed by atoms with van der Waals surface area (Å²) in [6, 6.07) is 19.8. The van der Waals surface area contributed by atoms with Crippen LogP contribution in [0.2, 0.25) is 0 Å². The summed E-state index contributed by atoms with van der Waals surface area (Å²) in [6.45, 7) is 1.63. The third-order valence-electron chi connectivity index (χ3n) is 4.63. The van der Waals surface area contributed by atoms with E-state index in [9.17, 15) is 18.0 Å². The van der Waals surface area contributed by atoms with Crippen molar-refractivity contribution in [1.82, 2.24) is 10.2 Å². The van der Waals surface area contributed by atoms with E-state index in [0.29, 0.717) is 33.6 Å². The number of para-hydroxylation sites is 1. The molecule has 0 aliphatic carbocycles. The highest BCUT2D eigenvalue weighted by Gasteiger charge is 2.31. The number of carbonyl (C=O) groups is 1. The first-order valence-electron chi connectivity index (χ1n) is 9.65. The van der Waals surface area contributed by atoms with Gasteiger partial charge < -0.3 is 14.8 Å². The Hall–Kier alpha value is -4.01. The summed E-state index contributed by atoms with van der Waals surface area (Å²) in [5, 5.41) is 10.3. The Morgan fingerprint density at radius 1 is 0.969 bits per heavy atom. The first-order valence-corrected chi connectivity index (χ1v) is 9.65. The summed E-state index contributed by atoms with van der Waals surface area (Å²) in [4.78, 5) is 12.5. The van der Waals surface area contributed by atoms with Crippen molar-refractivity contribution in [3.8, 4) is 22.6 Å². The van der Waals surface area contributed by atoms with E-state index in [1.807, 2.05) is 18.2 Å². The van der Waals surface area contributed by atoms with Crippen molar-refractivity contribution in [1.29, 1.82) is 0 Å². The zero-order valence-corrected chi connectivity index (χ0v) is 16.8. The quantitative estimate of drug-likeness (QED) is 0.412. The standard InChI is InChI=1S/C23H18F3N3O3/c1-14(31-17-7-3-2-4-8-17)22(30)27-21-19-11-10-16(13-20(19)28-29-21)15-6-5-9-18(12-15)32-23(24,25)26/h2-14H,1H3,(H2,27,28,29,30). The summed E-state index contributed by atoms with van der Waals surface area (Å²) < 4.78 is 47.1. The molecule has 3 aromatic carbocycles. The number of rotatable bonds is 6. The van der Waals surface area contributed by atoms with Gasteiger partial charge in [0.05, 0.1) is 5.52 Å². The van der Waals surface area contributed by atoms with E-state index in [4.69, 9.17) is 4.74 Å². The molecule has 0 spiro atoms. The van der Waals surface area contributed by atoms with Crippen molar-refractivity contribution in [2.75, 3.05) is 5.32 Å². The number of anilines is 1. The van der Waals surface area contributed by atoms with Gasteiger partial charge in [-0.3, -0.25) is 9.89 Å². The number of nitrogens with zero attached hydrogens (tertiary/aromatic N) is 1. The summed E-state index contributed by atoms with van der Waals surface area (Å²) in [5.74, 6) is 0.223. The van der Waals surface area contributed by atoms with Gasteiger partial charge in [-0.15, -0.1) is 13.2 Å². The average molecular weight is 441 g/mol. The van der Waals surface area contributed by atoms with Crippen molar-refractivity contribution < 1.29 is 27.4 Å². The fourth-order valence-corrected chi connectivity index (χ4v) is 3.14. The predicted molar refractivity (Wildman–Crippen MR) is 113 cm³/mol. The third kappa shape index (κ3) is 5.00. The average Bonchev–Trinajstić information content (AvgIpc) is 3.15. The smallest absolute Gasteiger partial charge is 0.481 e. The van der Waals surface area contributed by atoms with Gasteiger partial charge in [-0.1, -0.05) is 36.4 Å². The Morgan fingerprint density at radius 2 is 1.69 bits per heavy atom. The molecule has 6 nitrogen and oxygen atoms in total. The lowest BCUT2D eigenvalue weighted by atomic mass is 10.0. The van der Waals surface area contributed by atoms with Gasteiger partial charge in [-0.2, -0.15) is 5.10 Å². The van der Waals surface area contributed by atoms with Crippen molar-refractivity contribution >= 4 is 22.6 Å². The molecule has 0 bridgehead atoms.